The molecule has 6 aromatic rings. The van der Waals surface area contributed by atoms with Gasteiger partial charge in [-0.3, -0.25) is 24.5 Å². The fourth-order valence-electron chi connectivity index (χ4n) is 5.23. The molecule has 12 heteroatoms. The summed E-state index contributed by atoms with van der Waals surface area (Å²) in [6, 6.07) is 23.9. The van der Waals surface area contributed by atoms with Gasteiger partial charge in [-0.05, 0) is 84.8 Å². The molecule has 2 aromatic carbocycles. The number of nitrogens with zero attached hydrogens (tertiary/aromatic N) is 5. The molecule has 10 nitrogen and oxygen atoms in total. The first-order chi connectivity index (χ1) is 25.7. The fraction of sp³-hybridized carbons (Fsp3) is 0.122. The predicted octanol–water partition coefficient (Wildman–Crippen LogP) is 8.16. The van der Waals surface area contributed by atoms with Crippen LogP contribution in [-0.4, -0.2) is 45.3 Å². The van der Waals surface area contributed by atoms with Crippen molar-refractivity contribution >= 4 is 69.8 Å². The minimum Gasteiger partial charge on any atom is -0.487 e. The van der Waals surface area contributed by atoms with Crippen molar-refractivity contribution in [2.45, 2.75) is 20.1 Å². The first kappa shape index (κ1) is 36.7. The maximum atomic E-state index is 13.1. The van der Waals surface area contributed by atoms with Crippen molar-refractivity contribution in [2.75, 3.05) is 18.5 Å². The number of carbonyl (C=O) groups excluding carboxylic acids is 2. The van der Waals surface area contributed by atoms with E-state index in [2.05, 4.69) is 20.3 Å². The average molecular weight is 746 g/mol. The second kappa shape index (κ2) is 17.4. The molecule has 0 bridgehead atoms. The zero-order chi connectivity index (χ0) is 37.2. The summed E-state index contributed by atoms with van der Waals surface area (Å²) >= 11 is 13.4. The summed E-state index contributed by atoms with van der Waals surface area (Å²) in [6.07, 6.45) is 13.6. The monoisotopic (exact) mass is 744 g/mol. The summed E-state index contributed by atoms with van der Waals surface area (Å²) < 4.78 is 12.4. The Morgan fingerprint density at radius 3 is 2.43 bits per heavy atom. The second-order valence-electron chi connectivity index (χ2n) is 11.8. The Kier molecular flexibility index (Phi) is 12.1. The average Bonchev–Trinajstić information content (AvgIpc) is 3.18. The molecule has 0 aliphatic rings. The number of aryl methyl sites for hydroxylation is 1. The lowest BCUT2D eigenvalue weighted by atomic mass is 10.1. The number of para-hydroxylation sites is 1. The van der Waals surface area contributed by atoms with Crippen molar-refractivity contribution in [3.63, 3.8) is 0 Å². The summed E-state index contributed by atoms with van der Waals surface area (Å²) in [4.78, 5) is 44.5. The van der Waals surface area contributed by atoms with Gasteiger partial charge in [-0.1, -0.05) is 47.5 Å². The molecule has 0 fully saturated rings. The normalized spacial score (nSPS) is 11.2. The Morgan fingerprint density at radius 2 is 1.66 bits per heavy atom. The van der Waals surface area contributed by atoms with Gasteiger partial charge >= 0.3 is 0 Å². The first-order valence-electron chi connectivity index (χ1n) is 16.5. The van der Waals surface area contributed by atoms with Gasteiger partial charge in [0, 0.05) is 65.6 Å². The van der Waals surface area contributed by atoms with Crippen LogP contribution < -0.4 is 19.7 Å². The predicted molar refractivity (Wildman–Crippen MR) is 209 cm³/mol. The number of fused-ring (bicyclic) bond motifs is 1. The molecule has 0 atom stereocenters. The molecule has 0 unspecified atom stereocenters. The Labute approximate surface area is 316 Å². The van der Waals surface area contributed by atoms with E-state index in [-0.39, 0.29) is 24.1 Å². The molecule has 0 saturated carbocycles. The summed E-state index contributed by atoms with van der Waals surface area (Å²) in [5, 5.41) is 4.01. The second-order valence-corrected chi connectivity index (χ2v) is 12.6. The van der Waals surface area contributed by atoms with Crippen molar-refractivity contribution < 1.29 is 19.1 Å². The van der Waals surface area contributed by atoms with Crippen molar-refractivity contribution in [1.29, 1.82) is 0 Å². The van der Waals surface area contributed by atoms with Gasteiger partial charge in [-0.25, -0.2) is 4.98 Å². The van der Waals surface area contributed by atoms with E-state index in [0.717, 1.165) is 33.6 Å². The number of amides is 2. The molecule has 6 rings (SSSR count). The van der Waals surface area contributed by atoms with E-state index in [1.165, 1.54) is 11.0 Å². The number of anilines is 1. The number of benzene rings is 2. The molecule has 0 aliphatic heterocycles. The van der Waals surface area contributed by atoms with Gasteiger partial charge in [-0.2, -0.15) is 0 Å². The number of halogens is 2. The molecule has 2 amide bonds. The smallest absolute Gasteiger partial charge is 0.246 e. The third-order valence-corrected chi connectivity index (χ3v) is 8.85. The standard InChI is InChI=1S/C41H34Cl2N6O4/c1-27-22-37(52-25-31-6-3-4-19-45-31)32-7-5-8-36(41(32)48-27)53-26-33-34(42)14-15-35(40(33)43)49(2)39(51)24-47-38(50)16-11-29-10-13-30(46-23-29)12-9-28-17-20-44-21-18-28/h3-23H,24-26H2,1-2H3,(H,47,50)/b12-9+,16-11+. The van der Waals surface area contributed by atoms with Crippen LogP contribution in [0.25, 0.3) is 29.1 Å². The zero-order valence-electron chi connectivity index (χ0n) is 28.9. The Bertz CT molecular complexity index is 2280. The van der Waals surface area contributed by atoms with Gasteiger partial charge in [-0.15, -0.1) is 0 Å². The number of hydrogen-bond donors (Lipinski definition) is 1. The number of ether oxygens (including phenoxy) is 2. The molecular weight excluding hydrogens is 711 g/mol. The molecule has 4 aromatic heterocycles. The van der Waals surface area contributed by atoms with Crippen molar-refractivity contribution in [2.24, 2.45) is 0 Å². The van der Waals surface area contributed by atoms with Crippen LogP contribution in [0.4, 0.5) is 5.69 Å². The largest absolute Gasteiger partial charge is 0.487 e. The molecule has 1 N–H and O–H groups in total. The minimum absolute atomic E-state index is 0.00476. The highest BCUT2D eigenvalue weighted by molar-refractivity contribution is 6.38. The van der Waals surface area contributed by atoms with Crippen LogP contribution in [0.3, 0.4) is 0 Å². The van der Waals surface area contributed by atoms with E-state index in [4.69, 9.17) is 37.7 Å². The zero-order valence-corrected chi connectivity index (χ0v) is 30.4. The van der Waals surface area contributed by atoms with Crippen LogP contribution in [0.2, 0.25) is 10.0 Å². The first-order valence-corrected chi connectivity index (χ1v) is 17.3. The lowest BCUT2D eigenvalue weighted by molar-refractivity contribution is -0.122. The van der Waals surface area contributed by atoms with Gasteiger partial charge < -0.3 is 19.7 Å². The van der Waals surface area contributed by atoms with E-state index in [1.807, 2.05) is 85.8 Å². The number of nitrogens with one attached hydrogen (secondary N) is 1. The van der Waals surface area contributed by atoms with Crippen LogP contribution >= 0.6 is 23.2 Å². The van der Waals surface area contributed by atoms with Gasteiger partial charge in [0.2, 0.25) is 11.8 Å². The summed E-state index contributed by atoms with van der Waals surface area (Å²) in [7, 11) is 1.57. The number of rotatable bonds is 13. The Balaban J connectivity index is 1.06. The highest BCUT2D eigenvalue weighted by Crippen LogP contribution is 2.36. The van der Waals surface area contributed by atoms with Crippen molar-refractivity contribution in [3.8, 4) is 11.5 Å². The topological polar surface area (TPSA) is 119 Å². The maximum absolute atomic E-state index is 13.1. The maximum Gasteiger partial charge on any atom is 0.246 e. The minimum atomic E-state index is -0.436. The van der Waals surface area contributed by atoms with E-state index >= 15 is 0 Å². The number of hydrogen-bond acceptors (Lipinski definition) is 8. The third-order valence-electron chi connectivity index (χ3n) is 8.07. The van der Waals surface area contributed by atoms with Crippen molar-refractivity contribution in [1.82, 2.24) is 25.3 Å². The number of likely N-dealkylation sites (N-methyl/N-ethyl adjacent to an activating group) is 1. The molecule has 0 radical (unpaired) electrons. The number of aromatic nitrogens is 4. The molecule has 0 spiro atoms. The molecule has 4 heterocycles. The van der Waals surface area contributed by atoms with Crippen LogP contribution in [0.5, 0.6) is 11.5 Å². The van der Waals surface area contributed by atoms with Crippen LogP contribution in [0, 0.1) is 6.92 Å². The van der Waals surface area contributed by atoms with Gasteiger partial charge in [0.25, 0.3) is 0 Å². The fourth-order valence-corrected chi connectivity index (χ4v) is 5.83. The highest BCUT2D eigenvalue weighted by atomic mass is 35.5. The van der Waals surface area contributed by atoms with E-state index in [0.29, 0.717) is 39.9 Å². The van der Waals surface area contributed by atoms with Gasteiger partial charge in [0.1, 0.15) is 30.2 Å². The van der Waals surface area contributed by atoms with Crippen molar-refractivity contribution in [3.05, 3.63) is 154 Å². The molecule has 53 heavy (non-hydrogen) atoms. The summed E-state index contributed by atoms with van der Waals surface area (Å²) in [6.45, 7) is 1.93. The molecular formula is C41H34Cl2N6O4. The third kappa shape index (κ3) is 9.62. The Morgan fingerprint density at radius 1 is 0.830 bits per heavy atom. The SMILES string of the molecule is Cc1cc(OCc2ccccn2)c2cccc(OCc3c(Cl)ccc(N(C)C(=O)CNC(=O)/C=C/c4ccc(/C=C/c5ccncc5)nc4)c3Cl)c2n1. The lowest BCUT2D eigenvalue weighted by Crippen LogP contribution is -2.37. The van der Waals surface area contributed by atoms with E-state index in [1.54, 1.807) is 50.0 Å². The van der Waals surface area contributed by atoms with E-state index < -0.39 is 5.91 Å². The summed E-state index contributed by atoms with van der Waals surface area (Å²) in [5.74, 6) is 0.341. The highest BCUT2D eigenvalue weighted by Gasteiger charge is 2.20. The quantitative estimate of drug-likeness (QED) is 0.118. The van der Waals surface area contributed by atoms with Gasteiger partial charge in [0.15, 0.2) is 0 Å². The Hall–Kier alpha value is -6.10. The van der Waals surface area contributed by atoms with Crippen LogP contribution in [0.15, 0.2) is 110 Å². The van der Waals surface area contributed by atoms with Gasteiger partial charge in [0.05, 0.1) is 28.6 Å². The molecule has 0 aliphatic carbocycles. The molecule has 266 valence electrons. The lowest BCUT2D eigenvalue weighted by Gasteiger charge is -2.21. The van der Waals surface area contributed by atoms with Crippen LogP contribution in [0.1, 0.15) is 33.8 Å². The number of carbonyl (C=O) groups is 2. The van der Waals surface area contributed by atoms with Crippen LogP contribution in [-0.2, 0) is 22.8 Å². The van der Waals surface area contributed by atoms with E-state index in [9.17, 15) is 9.59 Å². The summed E-state index contributed by atoms with van der Waals surface area (Å²) in [5.41, 5.74) is 5.58. The molecule has 0 saturated heterocycles. The number of pyridine rings is 4.